The lowest BCUT2D eigenvalue weighted by atomic mass is 10.4. The summed E-state index contributed by atoms with van der Waals surface area (Å²) >= 11 is 0. The largest absolute Gasteiger partial charge is 0.344 e. The fourth-order valence-electron chi connectivity index (χ4n) is 0.604. The molecule has 8 heteroatoms. The molecule has 1 aliphatic rings. The highest BCUT2D eigenvalue weighted by molar-refractivity contribution is 7.38. The zero-order valence-corrected chi connectivity index (χ0v) is 7.93. The van der Waals surface area contributed by atoms with Gasteiger partial charge >= 0.3 is 8.60 Å². The van der Waals surface area contributed by atoms with Crippen molar-refractivity contribution in [3.63, 3.8) is 0 Å². The first kappa shape index (κ1) is 18.0. The predicted octanol–water partition coefficient (Wildman–Crippen LogP) is -1.31. The number of piperazine rings is 1. The van der Waals surface area contributed by atoms with E-state index in [0.29, 0.717) is 0 Å². The average Bonchev–Trinajstić information content (AvgIpc) is 1.90. The first-order chi connectivity index (χ1) is 4.73. The van der Waals surface area contributed by atoms with Crippen LogP contribution in [-0.2, 0) is 0 Å². The second kappa shape index (κ2) is 13.7. The first-order valence-corrected chi connectivity index (χ1v) is 4.21. The fraction of sp³-hybridized carbons (Fsp3) is 1.00. The maximum Gasteiger partial charge on any atom is 0.324 e. The van der Waals surface area contributed by atoms with Gasteiger partial charge in [0.25, 0.3) is 0 Å². The minimum absolute atomic E-state index is 0. The summed E-state index contributed by atoms with van der Waals surface area (Å²) in [5, 5.41) is 6.44. The van der Waals surface area contributed by atoms with Gasteiger partial charge in [-0.05, 0) is 0 Å². The summed E-state index contributed by atoms with van der Waals surface area (Å²) in [5.41, 5.74) is 0. The van der Waals surface area contributed by atoms with E-state index < -0.39 is 8.60 Å². The van der Waals surface area contributed by atoms with Gasteiger partial charge < -0.3 is 37.6 Å². The van der Waals surface area contributed by atoms with E-state index in [1.807, 2.05) is 0 Å². The normalized spacial score (nSPS) is 15.0. The standard InChI is InChI=1S/C4H10N2.2H3N.H3O3P/c1-2-6-4-3-5-1;;;1-4(2)3/h5-6H,1-4H2;2*1H3;1-3H. The Hall–Kier alpha value is 0.150. The molecule has 1 aliphatic heterocycles. The van der Waals surface area contributed by atoms with Gasteiger partial charge in [0.2, 0.25) is 0 Å². The Labute approximate surface area is 73.3 Å². The molecule has 12 heavy (non-hydrogen) atoms. The zero-order chi connectivity index (χ0) is 7.82. The second-order valence-electron chi connectivity index (χ2n) is 1.77. The molecule has 7 nitrogen and oxygen atoms in total. The van der Waals surface area contributed by atoms with Gasteiger partial charge in [-0.2, -0.15) is 0 Å². The molecule has 0 spiro atoms. The fourth-order valence-corrected chi connectivity index (χ4v) is 0.604. The Bertz CT molecular complexity index is 59.1. The summed E-state index contributed by atoms with van der Waals surface area (Å²) < 4.78 is 0. The van der Waals surface area contributed by atoms with Crippen LogP contribution in [0.1, 0.15) is 0 Å². The maximum atomic E-state index is 7.23. The van der Waals surface area contributed by atoms with Gasteiger partial charge in [-0.3, -0.25) is 0 Å². The molecule has 1 saturated heterocycles. The third-order valence-corrected chi connectivity index (χ3v) is 0.957. The molecular weight excluding hydrogens is 183 g/mol. The van der Waals surface area contributed by atoms with Crippen LogP contribution in [0.15, 0.2) is 0 Å². The van der Waals surface area contributed by atoms with E-state index in [-0.39, 0.29) is 12.3 Å². The molecule has 0 unspecified atom stereocenters. The van der Waals surface area contributed by atoms with Crippen molar-refractivity contribution in [1.29, 1.82) is 0 Å². The molecule has 0 aliphatic carbocycles. The highest BCUT2D eigenvalue weighted by atomic mass is 31.2. The Morgan fingerprint density at radius 2 is 0.917 bits per heavy atom. The van der Waals surface area contributed by atoms with Gasteiger partial charge in [0.15, 0.2) is 0 Å². The quantitative estimate of drug-likeness (QED) is 0.240. The van der Waals surface area contributed by atoms with Crippen LogP contribution in [0.5, 0.6) is 0 Å². The molecule has 1 rings (SSSR count). The van der Waals surface area contributed by atoms with E-state index in [0.717, 1.165) is 26.2 Å². The van der Waals surface area contributed by atoms with Gasteiger partial charge in [0.1, 0.15) is 0 Å². The van der Waals surface area contributed by atoms with Crippen molar-refractivity contribution in [1.82, 2.24) is 22.9 Å². The summed E-state index contributed by atoms with van der Waals surface area (Å²) in [4.78, 5) is 21.7. The Balaban J connectivity index is -0.000000124. The Morgan fingerprint density at radius 3 is 1.00 bits per heavy atom. The molecule has 0 radical (unpaired) electrons. The molecule has 0 atom stereocenters. The molecule has 0 aromatic rings. The van der Waals surface area contributed by atoms with Gasteiger partial charge in [0, 0.05) is 26.2 Å². The molecule has 0 aromatic carbocycles. The lowest BCUT2D eigenvalue weighted by Crippen LogP contribution is -2.39. The van der Waals surface area contributed by atoms with Crippen LogP contribution < -0.4 is 22.9 Å². The van der Waals surface area contributed by atoms with Gasteiger partial charge in [-0.15, -0.1) is 0 Å². The van der Waals surface area contributed by atoms with E-state index in [1.54, 1.807) is 0 Å². The van der Waals surface area contributed by atoms with Crippen LogP contribution in [0.2, 0.25) is 0 Å². The van der Waals surface area contributed by atoms with Crippen LogP contribution in [0, 0.1) is 0 Å². The van der Waals surface area contributed by atoms with E-state index in [4.69, 9.17) is 14.7 Å². The third kappa shape index (κ3) is 22.5. The van der Waals surface area contributed by atoms with Crippen molar-refractivity contribution in [3.05, 3.63) is 0 Å². The molecule has 0 aromatic heterocycles. The SMILES string of the molecule is C1CNCCN1.N.N.OP(O)O. The number of hydrogen-bond donors (Lipinski definition) is 7. The van der Waals surface area contributed by atoms with Gasteiger partial charge in [-0.1, -0.05) is 0 Å². The van der Waals surface area contributed by atoms with Crippen LogP contribution >= 0.6 is 8.60 Å². The van der Waals surface area contributed by atoms with Crippen molar-refractivity contribution in [2.24, 2.45) is 0 Å². The van der Waals surface area contributed by atoms with E-state index >= 15 is 0 Å². The van der Waals surface area contributed by atoms with Crippen LogP contribution in [-0.4, -0.2) is 40.9 Å². The summed E-state index contributed by atoms with van der Waals surface area (Å²) in [5.74, 6) is 0. The predicted molar refractivity (Wildman–Crippen MR) is 49.4 cm³/mol. The summed E-state index contributed by atoms with van der Waals surface area (Å²) in [6.07, 6.45) is 0. The molecule has 78 valence electrons. The first-order valence-electron chi connectivity index (χ1n) is 3.01. The van der Waals surface area contributed by atoms with E-state index in [1.165, 1.54) is 0 Å². The number of nitrogens with one attached hydrogen (secondary N) is 2. The molecule has 0 bridgehead atoms. The van der Waals surface area contributed by atoms with E-state index in [2.05, 4.69) is 10.6 Å². The lowest BCUT2D eigenvalue weighted by molar-refractivity contribution is 0.368. The average molecular weight is 202 g/mol. The summed E-state index contributed by atoms with van der Waals surface area (Å²) in [6, 6.07) is 0. The Morgan fingerprint density at radius 1 is 0.750 bits per heavy atom. The molecular formula is C4H19N4O3P. The topological polar surface area (TPSA) is 155 Å². The molecule has 1 fully saturated rings. The van der Waals surface area contributed by atoms with Crippen LogP contribution in [0.3, 0.4) is 0 Å². The summed E-state index contributed by atoms with van der Waals surface area (Å²) in [6.45, 7) is 4.56. The van der Waals surface area contributed by atoms with E-state index in [9.17, 15) is 0 Å². The lowest BCUT2D eigenvalue weighted by Gasteiger charge is -2.11. The molecule has 0 saturated carbocycles. The van der Waals surface area contributed by atoms with Crippen molar-refractivity contribution in [2.45, 2.75) is 0 Å². The summed E-state index contributed by atoms with van der Waals surface area (Å²) in [7, 11) is -2.62. The van der Waals surface area contributed by atoms with Crippen LogP contribution in [0.4, 0.5) is 0 Å². The second-order valence-corrected chi connectivity index (χ2v) is 2.30. The van der Waals surface area contributed by atoms with Gasteiger partial charge in [0.05, 0.1) is 0 Å². The smallest absolute Gasteiger partial charge is 0.324 e. The molecule has 0 amide bonds. The number of hydrogen-bond acceptors (Lipinski definition) is 7. The Kier molecular flexibility index (Phi) is 20.6. The highest BCUT2D eigenvalue weighted by Gasteiger charge is 1.91. The zero-order valence-electron chi connectivity index (χ0n) is 7.03. The monoisotopic (exact) mass is 202 g/mol. The van der Waals surface area contributed by atoms with Crippen molar-refractivity contribution >= 4 is 8.60 Å². The van der Waals surface area contributed by atoms with Crippen LogP contribution in [0.25, 0.3) is 0 Å². The molecule has 11 N–H and O–H groups in total. The van der Waals surface area contributed by atoms with Crippen molar-refractivity contribution in [2.75, 3.05) is 26.2 Å². The minimum atomic E-state index is -2.62. The van der Waals surface area contributed by atoms with Crippen molar-refractivity contribution in [3.8, 4) is 0 Å². The maximum absolute atomic E-state index is 7.23. The van der Waals surface area contributed by atoms with Crippen molar-refractivity contribution < 1.29 is 14.7 Å². The van der Waals surface area contributed by atoms with Gasteiger partial charge in [-0.25, -0.2) is 0 Å². The highest BCUT2D eigenvalue weighted by Crippen LogP contribution is 2.11. The third-order valence-electron chi connectivity index (χ3n) is 0.957. The number of rotatable bonds is 0. The minimum Gasteiger partial charge on any atom is -0.344 e. The molecule has 1 heterocycles.